The molecule has 162 valence electrons. The van der Waals surface area contributed by atoms with Gasteiger partial charge in [-0.15, -0.1) is 0 Å². The molecular formula is C27H43NO. The summed E-state index contributed by atoms with van der Waals surface area (Å²) in [6, 6.07) is 1.75. The minimum Gasteiger partial charge on any atom is -0.393 e. The minimum atomic E-state index is -0.0792. The van der Waals surface area contributed by atoms with Crippen LogP contribution in [0.5, 0.6) is 0 Å². The lowest BCUT2D eigenvalue weighted by Gasteiger charge is -2.58. The van der Waals surface area contributed by atoms with Gasteiger partial charge in [0.2, 0.25) is 0 Å². The second-order valence-electron chi connectivity index (χ2n) is 12.8. The first kappa shape index (κ1) is 19.4. The molecule has 29 heavy (non-hydrogen) atoms. The quantitative estimate of drug-likeness (QED) is 0.534. The van der Waals surface area contributed by atoms with Gasteiger partial charge >= 0.3 is 0 Å². The first-order valence-corrected chi connectivity index (χ1v) is 13.0. The highest BCUT2D eigenvalue weighted by Gasteiger charge is 2.66. The minimum absolute atomic E-state index is 0.0792. The van der Waals surface area contributed by atoms with Crippen molar-refractivity contribution < 1.29 is 5.11 Å². The van der Waals surface area contributed by atoms with E-state index in [0.717, 1.165) is 60.4 Å². The average molecular weight is 398 g/mol. The fourth-order valence-corrected chi connectivity index (χ4v) is 10.4. The topological polar surface area (TPSA) is 23.5 Å². The molecule has 0 radical (unpaired) electrons. The molecule has 2 aliphatic heterocycles. The Morgan fingerprint density at radius 2 is 1.83 bits per heavy atom. The molecule has 2 nitrogen and oxygen atoms in total. The van der Waals surface area contributed by atoms with E-state index in [1.165, 1.54) is 51.5 Å². The molecule has 0 amide bonds. The molecule has 0 unspecified atom stereocenters. The predicted molar refractivity (Wildman–Crippen MR) is 118 cm³/mol. The van der Waals surface area contributed by atoms with Gasteiger partial charge in [-0.25, -0.2) is 0 Å². The Morgan fingerprint density at radius 3 is 2.66 bits per heavy atom. The molecule has 0 bridgehead atoms. The Morgan fingerprint density at radius 1 is 1.00 bits per heavy atom. The van der Waals surface area contributed by atoms with Crippen LogP contribution in [0.1, 0.15) is 85.5 Å². The van der Waals surface area contributed by atoms with Crippen LogP contribution >= 0.6 is 0 Å². The van der Waals surface area contributed by atoms with E-state index >= 15 is 0 Å². The standard InChI is InChI=1S/C27H43NO/c1-16-5-8-23-17(2)25-24(28(23)15-16)14-22-20-7-6-18-13-19(29)9-11-26(18,3)21(20)10-12-27(22,25)4/h6,16-17,19-25,29H,5,7-15H2,1-4H3/t16-,17-,19-,20-,21+,22+,23+,24+,25+,26-,27-/m0/s1. The smallest absolute Gasteiger partial charge is 0.0577 e. The maximum absolute atomic E-state index is 10.3. The van der Waals surface area contributed by atoms with Crippen molar-refractivity contribution in [3.8, 4) is 0 Å². The first-order chi connectivity index (χ1) is 13.8. The van der Waals surface area contributed by atoms with Crippen molar-refractivity contribution >= 4 is 0 Å². The number of allylic oxidation sites excluding steroid dienone is 1. The zero-order chi connectivity index (χ0) is 20.1. The Kier molecular flexibility index (Phi) is 4.23. The van der Waals surface area contributed by atoms with Crippen LogP contribution < -0.4 is 0 Å². The summed E-state index contributed by atoms with van der Waals surface area (Å²) < 4.78 is 0. The summed E-state index contributed by atoms with van der Waals surface area (Å²) >= 11 is 0. The average Bonchev–Trinajstić information content (AvgIpc) is 3.15. The number of hydrogen-bond acceptors (Lipinski definition) is 2. The zero-order valence-electron chi connectivity index (χ0n) is 19.2. The summed E-state index contributed by atoms with van der Waals surface area (Å²) in [6.45, 7) is 11.8. The van der Waals surface area contributed by atoms with E-state index in [0.29, 0.717) is 10.8 Å². The summed E-state index contributed by atoms with van der Waals surface area (Å²) in [5, 5.41) is 10.3. The molecule has 11 atom stereocenters. The van der Waals surface area contributed by atoms with E-state index < -0.39 is 0 Å². The molecule has 2 heterocycles. The van der Waals surface area contributed by atoms with Crippen molar-refractivity contribution in [1.82, 2.24) is 4.90 Å². The van der Waals surface area contributed by atoms with Gasteiger partial charge in [0.05, 0.1) is 6.10 Å². The van der Waals surface area contributed by atoms with E-state index in [4.69, 9.17) is 0 Å². The van der Waals surface area contributed by atoms with E-state index in [2.05, 4.69) is 38.7 Å². The van der Waals surface area contributed by atoms with Crippen molar-refractivity contribution in [2.45, 2.75) is 104 Å². The third-order valence-corrected chi connectivity index (χ3v) is 11.7. The van der Waals surface area contributed by atoms with Gasteiger partial charge in [0.1, 0.15) is 0 Å². The highest BCUT2D eigenvalue weighted by Crippen LogP contribution is 2.69. The lowest BCUT2D eigenvalue weighted by molar-refractivity contribution is -0.0574. The van der Waals surface area contributed by atoms with Gasteiger partial charge < -0.3 is 5.11 Å². The normalized spacial score (nSPS) is 59.2. The van der Waals surface area contributed by atoms with Crippen molar-refractivity contribution in [3.63, 3.8) is 0 Å². The van der Waals surface area contributed by atoms with Gasteiger partial charge in [-0.3, -0.25) is 4.90 Å². The predicted octanol–water partition coefficient (Wildman–Crippen LogP) is 5.66. The molecular weight excluding hydrogens is 354 g/mol. The number of aliphatic hydroxyl groups is 1. The van der Waals surface area contributed by atoms with Crippen LogP contribution in [-0.4, -0.2) is 34.7 Å². The number of piperidine rings is 1. The lowest BCUT2D eigenvalue weighted by atomic mass is 9.47. The third-order valence-electron chi connectivity index (χ3n) is 11.7. The molecule has 4 aliphatic carbocycles. The third kappa shape index (κ3) is 2.48. The Balaban J connectivity index is 1.33. The number of hydrogen-bond donors (Lipinski definition) is 1. The molecule has 0 spiro atoms. The maximum atomic E-state index is 10.3. The molecule has 3 saturated carbocycles. The highest BCUT2D eigenvalue weighted by atomic mass is 16.3. The fraction of sp³-hybridized carbons (Fsp3) is 0.926. The van der Waals surface area contributed by atoms with E-state index in [-0.39, 0.29) is 6.10 Å². The van der Waals surface area contributed by atoms with Gasteiger partial charge in [-0.05, 0) is 104 Å². The van der Waals surface area contributed by atoms with Gasteiger partial charge in [-0.2, -0.15) is 0 Å². The molecule has 2 heteroatoms. The summed E-state index contributed by atoms with van der Waals surface area (Å²) in [4.78, 5) is 3.02. The second-order valence-corrected chi connectivity index (χ2v) is 12.8. The SMILES string of the molecule is C[C@H]1CC[C@@H]2[C@H](C)[C@@H]3[C@@H](C[C@@H]4[C@H]5CC=C6C[C@@H](O)CC[C@]6(C)[C@@H]5CC[C@]34C)N2C1. The highest BCUT2D eigenvalue weighted by molar-refractivity contribution is 5.26. The summed E-state index contributed by atoms with van der Waals surface area (Å²) in [5.74, 6) is 5.44. The Bertz CT molecular complexity index is 715. The van der Waals surface area contributed by atoms with Crippen molar-refractivity contribution in [2.24, 2.45) is 46.3 Å². The van der Waals surface area contributed by atoms with Crippen LogP contribution in [0.4, 0.5) is 0 Å². The van der Waals surface area contributed by atoms with Crippen LogP contribution in [0.3, 0.4) is 0 Å². The van der Waals surface area contributed by atoms with Crippen LogP contribution in [0.25, 0.3) is 0 Å². The van der Waals surface area contributed by atoms with Gasteiger partial charge in [0, 0.05) is 18.6 Å². The Hall–Kier alpha value is -0.340. The largest absolute Gasteiger partial charge is 0.393 e. The van der Waals surface area contributed by atoms with Gasteiger partial charge in [-0.1, -0.05) is 39.3 Å². The van der Waals surface area contributed by atoms with E-state index in [9.17, 15) is 5.11 Å². The monoisotopic (exact) mass is 397 g/mol. The summed E-state index contributed by atoms with van der Waals surface area (Å²) in [5.41, 5.74) is 2.58. The lowest BCUT2D eigenvalue weighted by Crippen LogP contribution is -2.51. The maximum Gasteiger partial charge on any atom is 0.0577 e. The molecule has 0 aromatic rings. The van der Waals surface area contributed by atoms with Crippen LogP contribution in [0.15, 0.2) is 11.6 Å². The van der Waals surface area contributed by atoms with Gasteiger partial charge in [0.15, 0.2) is 0 Å². The van der Waals surface area contributed by atoms with Crippen molar-refractivity contribution in [2.75, 3.05) is 6.54 Å². The van der Waals surface area contributed by atoms with Crippen molar-refractivity contribution in [1.29, 1.82) is 0 Å². The fourth-order valence-electron chi connectivity index (χ4n) is 10.4. The zero-order valence-corrected chi connectivity index (χ0v) is 19.2. The molecule has 6 rings (SSSR count). The number of aliphatic hydroxyl groups excluding tert-OH is 1. The van der Waals surface area contributed by atoms with Crippen molar-refractivity contribution in [3.05, 3.63) is 11.6 Å². The second kappa shape index (κ2) is 6.35. The first-order valence-electron chi connectivity index (χ1n) is 13.0. The van der Waals surface area contributed by atoms with Crippen LogP contribution in [-0.2, 0) is 0 Å². The van der Waals surface area contributed by atoms with Crippen LogP contribution in [0, 0.1) is 46.3 Å². The van der Waals surface area contributed by atoms with E-state index in [1.807, 2.05) is 0 Å². The number of nitrogens with zero attached hydrogens (tertiary/aromatic N) is 1. The number of fused-ring (bicyclic) bond motifs is 9. The molecule has 2 saturated heterocycles. The molecule has 0 aromatic heterocycles. The molecule has 0 aromatic carbocycles. The summed E-state index contributed by atoms with van der Waals surface area (Å²) in [6.07, 6.45) is 14.3. The van der Waals surface area contributed by atoms with E-state index in [1.54, 1.807) is 5.57 Å². The summed E-state index contributed by atoms with van der Waals surface area (Å²) in [7, 11) is 0. The number of rotatable bonds is 0. The molecule has 1 N–H and O–H groups in total. The van der Waals surface area contributed by atoms with Gasteiger partial charge in [0.25, 0.3) is 0 Å². The Labute approximate surface area is 178 Å². The van der Waals surface area contributed by atoms with Crippen LogP contribution in [0.2, 0.25) is 0 Å². The molecule has 5 fully saturated rings. The molecule has 6 aliphatic rings.